The molecule has 13 heavy (non-hydrogen) atoms. The molecule has 0 aromatic carbocycles. The first-order chi connectivity index (χ1) is 6.11. The van der Waals surface area contributed by atoms with Crippen molar-refractivity contribution in [2.75, 3.05) is 19.8 Å². The highest BCUT2D eigenvalue weighted by Gasteiger charge is 2.32. The van der Waals surface area contributed by atoms with E-state index >= 15 is 0 Å². The van der Waals surface area contributed by atoms with Crippen LogP contribution in [0.1, 0.15) is 13.8 Å². The van der Waals surface area contributed by atoms with Gasteiger partial charge in [-0.05, 0) is 5.92 Å². The summed E-state index contributed by atoms with van der Waals surface area (Å²) in [7, 11) is 0. The summed E-state index contributed by atoms with van der Waals surface area (Å²) in [5, 5.41) is 0. The zero-order chi connectivity index (χ0) is 9.84. The molecular formula is C9H17NO3. The van der Waals surface area contributed by atoms with E-state index in [0.717, 1.165) is 0 Å². The Kier molecular flexibility index (Phi) is 3.69. The Labute approximate surface area is 78.4 Å². The normalized spacial score (nSPS) is 28.0. The molecule has 0 bridgehead atoms. The number of carbonyl (C=O) groups excluding carboxylic acids is 1. The highest BCUT2D eigenvalue weighted by atomic mass is 16.5. The van der Waals surface area contributed by atoms with E-state index in [1.165, 1.54) is 0 Å². The predicted octanol–water partition coefficient (Wildman–Crippen LogP) is 0.159. The van der Waals surface area contributed by atoms with Crippen LogP contribution in [0, 0.1) is 11.8 Å². The minimum absolute atomic E-state index is 0.195. The number of carbonyl (C=O) groups is 1. The summed E-state index contributed by atoms with van der Waals surface area (Å²) in [6.07, 6.45) is 0. The van der Waals surface area contributed by atoms with Crippen LogP contribution in [0.4, 0.5) is 0 Å². The van der Waals surface area contributed by atoms with Gasteiger partial charge in [-0.1, -0.05) is 13.8 Å². The number of hydrogen-bond donors (Lipinski definition) is 1. The summed E-state index contributed by atoms with van der Waals surface area (Å²) in [5.41, 5.74) is 5.66. The number of ether oxygens (including phenoxy) is 2. The van der Waals surface area contributed by atoms with Gasteiger partial charge in [0.25, 0.3) is 0 Å². The maximum absolute atomic E-state index is 11.4. The first-order valence-electron chi connectivity index (χ1n) is 4.61. The molecule has 0 radical (unpaired) electrons. The fraction of sp³-hybridized carbons (Fsp3) is 0.889. The Hall–Kier alpha value is -0.610. The molecule has 2 atom stereocenters. The van der Waals surface area contributed by atoms with Crippen molar-refractivity contribution < 1.29 is 14.3 Å². The second-order valence-corrected chi connectivity index (χ2v) is 3.83. The van der Waals surface area contributed by atoms with Gasteiger partial charge in [0.2, 0.25) is 0 Å². The molecule has 4 nitrogen and oxygen atoms in total. The van der Waals surface area contributed by atoms with Crippen molar-refractivity contribution in [3.63, 3.8) is 0 Å². The van der Waals surface area contributed by atoms with Crippen molar-refractivity contribution in [1.29, 1.82) is 0 Å². The molecule has 4 heteroatoms. The maximum atomic E-state index is 11.4. The Balaban J connectivity index is 2.30. The number of esters is 1. The van der Waals surface area contributed by atoms with Gasteiger partial charge in [-0.2, -0.15) is 0 Å². The van der Waals surface area contributed by atoms with Gasteiger partial charge < -0.3 is 15.2 Å². The molecule has 2 N–H and O–H groups in total. The molecule has 2 unspecified atom stereocenters. The lowest BCUT2D eigenvalue weighted by atomic mass is 10.1. The van der Waals surface area contributed by atoms with Crippen LogP contribution in [0.25, 0.3) is 0 Å². The lowest BCUT2D eigenvalue weighted by Gasteiger charge is -2.13. The fourth-order valence-corrected chi connectivity index (χ4v) is 1.17. The van der Waals surface area contributed by atoms with Crippen molar-refractivity contribution >= 4 is 5.97 Å². The lowest BCUT2D eigenvalue weighted by Crippen LogP contribution is -2.35. The zero-order valence-corrected chi connectivity index (χ0v) is 8.16. The van der Waals surface area contributed by atoms with Crippen molar-refractivity contribution in [2.45, 2.75) is 19.9 Å². The van der Waals surface area contributed by atoms with E-state index < -0.39 is 0 Å². The minimum Gasteiger partial charge on any atom is -0.465 e. The van der Waals surface area contributed by atoms with Gasteiger partial charge in [0.05, 0.1) is 25.7 Å². The van der Waals surface area contributed by atoms with E-state index in [-0.39, 0.29) is 17.9 Å². The molecule has 1 fully saturated rings. The Morgan fingerprint density at radius 3 is 2.77 bits per heavy atom. The first kappa shape index (κ1) is 10.5. The Bertz CT molecular complexity index is 182. The second-order valence-electron chi connectivity index (χ2n) is 3.83. The third-order valence-corrected chi connectivity index (χ3v) is 1.99. The Morgan fingerprint density at radius 2 is 2.31 bits per heavy atom. The third kappa shape index (κ3) is 2.97. The van der Waals surface area contributed by atoms with Crippen LogP contribution in [0.5, 0.6) is 0 Å². The van der Waals surface area contributed by atoms with Gasteiger partial charge >= 0.3 is 5.97 Å². The van der Waals surface area contributed by atoms with Gasteiger partial charge in [0.1, 0.15) is 0 Å². The van der Waals surface area contributed by atoms with E-state index in [9.17, 15) is 4.79 Å². The van der Waals surface area contributed by atoms with Crippen molar-refractivity contribution in [1.82, 2.24) is 0 Å². The van der Waals surface area contributed by atoms with E-state index in [4.69, 9.17) is 15.2 Å². The quantitative estimate of drug-likeness (QED) is 0.639. The van der Waals surface area contributed by atoms with Crippen LogP contribution in [-0.2, 0) is 14.3 Å². The van der Waals surface area contributed by atoms with Crippen LogP contribution in [-0.4, -0.2) is 31.8 Å². The smallest absolute Gasteiger partial charge is 0.312 e. The summed E-state index contributed by atoms with van der Waals surface area (Å²) >= 11 is 0. The van der Waals surface area contributed by atoms with Gasteiger partial charge in [-0.3, -0.25) is 4.79 Å². The molecule has 1 saturated heterocycles. The van der Waals surface area contributed by atoms with Crippen molar-refractivity contribution in [3.8, 4) is 0 Å². The van der Waals surface area contributed by atoms with E-state index in [1.807, 2.05) is 13.8 Å². The Morgan fingerprint density at radius 1 is 1.62 bits per heavy atom. The SMILES string of the molecule is CC(C)COC(=O)C1COCC1N. The zero-order valence-electron chi connectivity index (χ0n) is 8.16. The maximum Gasteiger partial charge on any atom is 0.312 e. The molecular weight excluding hydrogens is 170 g/mol. The van der Waals surface area contributed by atoms with Crippen LogP contribution in [0.15, 0.2) is 0 Å². The fourth-order valence-electron chi connectivity index (χ4n) is 1.17. The molecule has 0 aromatic rings. The molecule has 1 rings (SSSR count). The first-order valence-corrected chi connectivity index (χ1v) is 4.61. The minimum atomic E-state index is -0.265. The average Bonchev–Trinajstić information content (AvgIpc) is 2.47. The summed E-state index contributed by atoms with van der Waals surface area (Å²) in [4.78, 5) is 11.4. The van der Waals surface area contributed by atoms with E-state index in [2.05, 4.69) is 0 Å². The number of nitrogens with two attached hydrogens (primary N) is 1. The molecule has 1 heterocycles. The second kappa shape index (κ2) is 4.58. The molecule has 1 aliphatic rings. The molecule has 1 aliphatic heterocycles. The molecule has 0 saturated carbocycles. The largest absolute Gasteiger partial charge is 0.465 e. The van der Waals surface area contributed by atoms with Gasteiger partial charge in [0, 0.05) is 6.04 Å². The molecule has 0 spiro atoms. The van der Waals surface area contributed by atoms with Crippen molar-refractivity contribution in [3.05, 3.63) is 0 Å². The monoisotopic (exact) mass is 187 g/mol. The van der Waals surface area contributed by atoms with Gasteiger partial charge in [0.15, 0.2) is 0 Å². The van der Waals surface area contributed by atoms with E-state index in [0.29, 0.717) is 25.7 Å². The molecule has 0 aliphatic carbocycles. The average molecular weight is 187 g/mol. The predicted molar refractivity (Wildman–Crippen MR) is 48.1 cm³/mol. The van der Waals surface area contributed by atoms with Gasteiger partial charge in [-0.25, -0.2) is 0 Å². The molecule has 0 amide bonds. The topological polar surface area (TPSA) is 61.5 Å². The molecule has 76 valence electrons. The summed E-state index contributed by atoms with van der Waals surface area (Å²) < 4.78 is 10.1. The summed E-state index contributed by atoms with van der Waals surface area (Å²) in [5.74, 6) is -0.125. The van der Waals surface area contributed by atoms with E-state index in [1.54, 1.807) is 0 Å². The highest BCUT2D eigenvalue weighted by molar-refractivity contribution is 5.73. The number of rotatable bonds is 3. The summed E-state index contributed by atoms with van der Waals surface area (Å²) in [6.45, 7) is 5.32. The van der Waals surface area contributed by atoms with Gasteiger partial charge in [-0.15, -0.1) is 0 Å². The number of hydrogen-bond acceptors (Lipinski definition) is 4. The van der Waals surface area contributed by atoms with Crippen molar-refractivity contribution in [2.24, 2.45) is 17.6 Å². The van der Waals surface area contributed by atoms with Crippen LogP contribution in [0.3, 0.4) is 0 Å². The standard InChI is InChI=1S/C9H17NO3/c1-6(2)3-13-9(11)7-4-12-5-8(7)10/h6-8H,3-5,10H2,1-2H3. The van der Waals surface area contributed by atoms with Crippen LogP contribution in [0.2, 0.25) is 0 Å². The summed E-state index contributed by atoms with van der Waals surface area (Å²) in [6, 6.07) is -0.195. The third-order valence-electron chi connectivity index (χ3n) is 1.99. The highest BCUT2D eigenvalue weighted by Crippen LogP contribution is 2.13. The molecule has 0 aromatic heterocycles. The van der Waals surface area contributed by atoms with Crippen LogP contribution < -0.4 is 5.73 Å². The lowest BCUT2D eigenvalue weighted by molar-refractivity contribution is -0.149. The van der Waals surface area contributed by atoms with Crippen LogP contribution >= 0.6 is 0 Å².